The maximum absolute atomic E-state index is 3.82. The van der Waals surface area contributed by atoms with Gasteiger partial charge in [0.05, 0.1) is 0 Å². The van der Waals surface area contributed by atoms with Crippen LogP contribution < -0.4 is 5.32 Å². The predicted molar refractivity (Wildman–Crippen MR) is 77.3 cm³/mol. The predicted octanol–water partition coefficient (Wildman–Crippen LogP) is 4.76. The zero-order chi connectivity index (χ0) is 12.7. The Morgan fingerprint density at radius 2 is 1.59 bits per heavy atom. The van der Waals surface area contributed by atoms with Crippen molar-refractivity contribution >= 4 is 0 Å². The van der Waals surface area contributed by atoms with Crippen molar-refractivity contribution in [2.45, 2.75) is 85.1 Å². The van der Waals surface area contributed by atoms with Gasteiger partial charge in [-0.05, 0) is 43.6 Å². The minimum Gasteiger partial charge on any atom is -0.314 e. The monoisotopic (exact) mass is 239 g/mol. The highest BCUT2D eigenvalue weighted by Crippen LogP contribution is 2.45. The molecule has 0 radical (unpaired) electrons. The summed E-state index contributed by atoms with van der Waals surface area (Å²) in [7, 11) is 0. The smallest absolute Gasteiger partial charge is 0.0126 e. The summed E-state index contributed by atoms with van der Waals surface area (Å²) in [5, 5.41) is 3.82. The lowest BCUT2D eigenvalue weighted by atomic mass is 9.72. The van der Waals surface area contributed by atoms with Gasteiger partial charge in [0.1, 0.15) is 0 Å². The van der Waals surface area contributed by atoms with E-state index in [0.29, 0.717) is 5.41 Å². The van der Waals surface area contributed by atoms with Crippen LogP contribution in [0.4, 0.5) is 0 Å². The molecule has 1 atom stereocenters. The Hall–Kier alpha value is -0.0400. The molecule has 1 fully saturated rings. The number of hydrogen-bond acceptors (Lipinski definition) is 1. The molecule has 1 aliphatic carbocycles. The molecule has 0 heterocycles. The molecule has 0 aromatic carbocycles. The maximum atomic E-state index is 3.82. The van der Waals surface area contributed by atoms with Crippen molar-refractivity contribution in [1.82, 2.24) is 5.32 Å². The fraction of sp³-hybridized carbons (Fsp3) is 1.00. The van der Waals surface area contributed by atoms with E-state index < -0.39 is 0 Å². The van der Waals surface area contributed by atoms with Crippen molar-refractivity contribution in [3.63, 3.8) is 0 Å². The van der Waals surface area contributed by atoms with Gasteiger partial charge in [0.15, 0.2) is 0 Å². The van der Waals surface area contributed by atoms with Crippen LogP contribution in [0.5, 0.6) is 0 Å². The van der Waals surface area contributed by atoms with E-state index in [2.05, 4.69) is 33.0 Å². The molecule has 17 heavy (non-hydrogen) atoms. The molecule has 102 valence electrons. The van der Waals surface area contributed by atoms with E-state index in [1.807, 2.05) is 0 Å². The topological polar surface area (TPSA) is 12.0 Å². The van der Waals surface area contributed by atoms with Crippen molar-refractivity contribution in [3.05, 3.63) is 0 Å². The Bertz CT molecular complexity index is 190. The molecule has 0 saturated heterocycles. The molecule has 1 saturated carbocycles. The lowest BCUT2D eigenvalue weighted by Gasteiger charge is -2.39. The average Bonchev–Trinajstić information content (AvgIpc) is 2.84. The molecule has 0 bridgehead atoms. The van der Waals surface area contributed by atoms with Crippen LogP contribution in [0.2, 0.25) is 0 Å². The molecule has 1 N–H and O–H groups in total. The van der Waals surface area contributed by atoms with E-state index in [-0.39, 0.29) is 0 Å². The Labute approximate surface area is 109 Å². The summed E-state index contributed by atoms with van der Waals surface area (Å²) in [4.78, 5) is 0. The fourth-order valence-corrected chi connectivity index (χ4v) is 3.78. The van der Waals surface area contributed by atoms with Gasteiger partial charge < -0.3 is 5.32 Å². The standard InChI is InChI=1S/C16H33N/c1-5-14(6-2)13-15(17-8-4)16(7-3)11-9-10-12-16/h14-15,17H,5-13H2,1-4H3. The van der Waals surface area contributed by atoms with Gasteiger partial charge in [-0.1, -0.05) is 53.4 Å². The van der Waals surface area contributed by atoms with Gasteiger partial charge in [-0.2, -0.15) is 0 Å². The highest BCUT2D eigenvalue weighted by atomic mass is 14.9. The lowest BCUT2D eigenvalue weighted by molar-refractivity contribution is 0.157. The number of hydrogen-bond donors (Lipinski definition) is 1. The Kier molecular flexibility index (Phi) is 6.54. The minimum absolute atomic E-state index is 0.624. The second-order valence-corrected chi connectivity index (χ2v) is 5.95. The summed E-state index contributed by atoms with van der Waals surface area (Å²) in [6.07, 6.45) is 11.3. The largest absolute Gasteiger partial charge is 0.314 e. The molecular weight excluding hydrogens is 206 g/mol. The van der Waals surface area contributed by atoms with Crippen LogP contribution >= 0.6 is 0 Å². The summed E-state index contributed by atoms with van der Waals surface area (Å²) in [6, 6.07) is 0.768. The minimum atomic E-state index is 0.624. The summed E-state index contributed by atoms with van der Waals surface area (Å²) >= 11 is 0. The zero-order valence-corrected chi connectivity index (χ0v) is 12.5. The van der Waals surface area contributed by atoms with Crippen LogP contribution in [-0.2, 0) is 0 Å². The molecule has 1 aliphatic rings. The van der Waals surface area contributed by atoms with Crippen molar-refractivity contribution in [3.8, 4) is 0 Å². The van der Waals surface area contributed by atoms with Crippen LogP contribution in [-0.4, -0.2) is 12.6 Å². The molecule has 0 aliphatic heterocycles. The molecular formula is C16H33N. The molecule has 1 rings (SSSR count). The highest BCUT2D eigenvalue weighted by Gasteiger charge is 2.39. The Balaban J connectivity index is 2.68. The molecule has 0 amide bonds. The summed E-state index contributed by atoms with van der Waals surface area (Å²) in [5.74, 6) is 0.920. The quantitative estimate of drug-likeness (QED) is 0.644. The van der Waals surface area contributed by atoms with E-state index in [0.717, 1.165) is 18.5 Å². The van der Waals surface area contributed by atoms with Crippen LogP contribution in [0, 0.1) is 11.3 Å². The van der Waals surface area contributed by atoms with Gasteiger partial charge in [-0.25, -0.2) is 0 Å². The molecule has 1 nitrogen and oxygen atoms in total. The summed E-state index contributed by atoms with van der Waals surface area (Å²) in [5.41, 5.74) is 0.624. The van der Waals surface area contributed by atoms with Gasteiger partial charge in [-0.3, -0.25) is 0 Å². The second-order valence-electron chi connectivity index (χ2n) is 5.95. The van der Waals surface area contributed by atoms with Crippen LogP contribution in [0.25, 0.3) is 0 Å². The first-order valence-corrected chi connectivity index (χ1v) is 7.95. The Morgan fingerprint density at radius 3 is 2.00 bits per heavy atom. The molecule has 1 heteroatoms. The van der Waals surface area contributed by atoms with Crippen molar-refractivity contribution in [1.29, 1.82) is 0 Å². The summed E-state index contributed by atoms with van der Waals surface area (Å²) < 4.78 is 0. The normalized spacial score (nSPS) is 21.0. The van der Waals surface area contributed by atoms with Crippen molar-refractivity contribution in [2.75, 3.05) is 6.54 Å². The molecule has 0 aromatic heterocycles. The first-order valence-electron chi connectivity index (χ1n) is 7.95. The van der Waals surface area contributed by atoms with Gasteiger partial charge in [-0.15, -0.1) is 0 Å². The number of nitrogens with one attached hydrogen (secondary N) is 1. The zero-order valence-electron chi connectivity index (χ0n) is 12.5. The highest BCUT2D eigenvalue weighted by molar-refractivity contribution is 4.94. The first kappa shape index (κ1) is 15.0. The average molecular weight is 239 g/mol. The third-order valence-corrected chi connectivity index (χ3v) is 5.22. The van der Waals surface area contributed by atoms with Gasteiger partial charge >= 0.3 is 0 Å². The second kappa shape index (κ2) is 7.41. The van der Waals surface area contributed by atoms with Crippen LogP contribution in [0.3, 0.4) is 0 Å². The van der Waals surface area contributed by atoms with Gasteiger partial charge in [0.2, 0.25) is 0 Å². The van der Waals surface area contributed by atoms with E-state index in [9.17, 15) is 0 Å². The maximum Gasteiger partial charge on any atom is 0.0126 e. The molecule has 1 unspecified atom stereocenters. The number of rotatable bonds is 8. The third-order valence-electron chi connectivity index (χ3n) is 5.22. The van der Waals surface area contributed by atoms with E-state index in [1.54, 1.807) is 0 Å². The van der Waals surface area contributed by atoms with E-state index >= 15 is 0 Å². The van der Waals surface area contributed by atoms with Crippen molar-refractivity contribution in [2.24, 2.45) is 11.3 Å². The van der Waals surface area contributed by atoms with Crippen LogP contribution in [0.15, 0.2) is 0 Å². The third kappa shape index (κ3) is 3.71. The van der Waals surface area contributed by atoms with Crippen molar-refractivity contribution < 1.29 is 0 Å². The van der Waals surface area contributed by atoms with Gasteiger partial charge in [0.25, 0.3) is 0 Å². The van der Waals surface area contributed by atoms with E-state index in [1.165, 1.54) is 51.4 Å². The van der Waals surface area contributed by atoms with Crippen LogP contribution in [0.1, 0.15) is 79.1 Å². The summed E-state index contributed by atoms with van der Waals surface area (Å²) in [6.45, 7) is 10.5. The lowest BCUT2D eigenvalue weighted by Crippen LogP contribution is -2.44. The molecule has 0 spiro atoms. The fourth-order valence-electron chi connectivity index (χ4n) is 3.78. The molecule has 0 aromatic rings. The SMILES string of the molecule is CCNC(CC(CC)CC)C1(CC)CCCC1. The first-order chi connectivity index (χ1) is 8.22. The van der Waals surface area contributed by atoms with E-state index in [4.69, 9.17) is 0 Å². The van der Waals surface area contributed by atoms with Gasteiger partial charge in [0, 0.05) is 6.04 Å². The Morgan fingerprint density at radius 1 is 1.00 bits per heavy atom.